The number of hydrogen-bond acceptors (Lipinski definition) is 8. The molecule has 0 amide bonds. The van der Waals surface area contributed by atoms with Crippen molar-refractivity contribution >= 4 is 44.9 Å². The van der Waals surface area contributed by atoms with Crippen molar-refractivity contribution < 1.29 is 4.74 Å². The van der Waals surface area contributed by atoms with Gasteiger partial charge in [-0.1, -0.05) is 11.6 Å². The zero-order valence-electron chi connectivity index (χ0n) is 19.0. The van der Waals surface area contributed by atoms with E-state index in [1.807, 2.05) is 30.5 Å². The highest BCUT2D eigenvalue weighted by atomic mass is 79.9. The van der Waals surface area contributed by atoms with Crippen LogP contribution < -0.4 is 10.2 Å². The van der Waals surface area contributed by atoms with Crippen LogP contribution in [0.25, 0.3) is 0 Å². The van der Waals surface area contributed by atoms with Gasteiger partial charge in [0.1, 0.15) is 22.1 Å². The number of fused-ring (bicyclic) bond motifs is 1. The summed E-state index contributed by atoms with van der Waals surface area (Å²) in [5.74, 6) is 2.61. The summed E-state index contributed by atoms with van der Waals surface area (Å²) in [6.45, 7) is 7.39. The van der Waals surface area contributed by atoms with Gasteiger partial charge in [-0.3, -0.25) is 4.90 Å². The fraction of sp³-hybridized carbons (Fsp3) is 0.417. The second-order valence-corrected chi connectivity index (χ2v) is 9.75. The van der Waals surface area contributed by atoms with E-state index >= 15 is 0 Å². The molecule has 1 atom stereocenters. The number of nitrogens with zero attached hydrogens (tertiary/aromatic N) is 6. The summed E-state index contributed by atoms with van der Waals surface area (Å²) < 4.78 is 6.28. The van der Waals surface area contributed by atoms with E-state index in [-0.39, 0.29) is 6.04 Å². The number of pyridine rings is 2. The molecule has 2 aliphatic heterocycles. The summed E-state index contributed by atoms with van der Waals surface area (Å²) in [5, 5.41) is 4.14. The largest absolute Gasteiger partial charge is 0.379 e. The number of morpholine rings is 1. The number of rotatable bonds is 6. The Morgan fingerprint density at radius 3 is 2.68 bits per heavy atom. The summed E-state index contributed by atoms with van der Waals surface area (Å²) in [6.07, 6.45) is 5.11. The molecule has 10 heteroatoms. The molecular weight excluding hydrogens is 518 g/mol. The highest BCUT2D eigenvalue weighted by molar-refractivity contribution is 9.10. The maximum Gasteiger partial charge on any atom is 0.137 e. The average molecular weight is 545 g/mol. The molecule has 178 valence electrons. The Labute approximate surface area is 212 Å². The van der Waals surface area contributed by atoms with E-state index in [1.165, 1.54) is 0 Å². The molecule has 0 radical (unpaired) electrons. The van der Waals surface area contributed by atoms with Gasteiger partial charge in [0.15, 0.2) is 0 Å². The third-order valence-electron chi connectivity index (χ3n) is 6.30. The quantitative estimate of drug-likeness (QED) is 0.457. The number of halogens is 2. The van der Waals surface area contributed by atoms with Crippen LogP contribution in [0, 0.1) is 0 Å². The van der Waals surface area contributed by atoms with Gasteiger partial charge in [0.05, 0.1) is 41.9 Å². The Morgan fingerprint density at radius 1 is 1.09 bits per heavy atom. The lowest BCUT2D eigenvalue weighted by Gasteiger charge is -2.36. The lowest BCUT2D eigenvalue weighted by atomic mass is 9.98. The van der Waals surface area contributed by atoms with E-state index in [0.29, 0.717) is 5.02 Å². The summed E-state index contributed by atoms with van der Waals surface area (Å²) >= 11 is 9.47. The summed E-state index contributed by atoms with van der Waals surface area (Å²) in [6, 6.07) is 7.83. The molecule has 8 nitrogen and oxygen atoms in total. The Kier molecular flexibility index (Phi) is 7.24. The molecular formula is C24H27BrClN7O. The number of nitrogens with one attached hydrogen (secondary N) is 1. The summed E-state index contributed by atoms with van der Waals surface area (Å²) in [7, 11) is 0. The average Bonchev–Trinajstić information content (AvgIpc) is 2.86. The fourth-order valence-electron chi connectivity index (χ4n) is 4.45. The lowest BCUT2D eigenvalue weighted by Crippen LogP contribution is -2.38. The molecule has 1 N–H and O–H groups in total. The van der Waals surface area contributed by atoms with Crippen LogP contribution in [-0.2, 0) is 17.6 Å². The molecule has 5 heterocycles. The Bertz CT molecular complexity index is 1120. The molecule has 1 fully saturated rings. The van der Waals surface area contributed by atoms with Crippen molar-refractivity contribution in [2.24, 2.45) is 0 Å². The highest BCUT2D eigenvalue weighted by Crippen LogP contribution is 2.35. The number of hydrogen-bond donors (Lipinski definition) is 1. The van der Waals surface area contributed by atoms with E-state index in [4.69, 9.17) is 26.3 Å². The van der Waals surface area contributed by atoms with Crippen molar-refractivity contribution in [3.63, 3.8) is 0 Å². The van der Waals surface area contributed by atoms with Crippen molar-refractivity contribution in [1.82, 2.24) is 24.8 Å². The minimum Gasteiger partial charge on any atom is -0.379 e. The van der Waals surface area contributed by atoms with Gasteiger partial charge < -0.3 is 15.0 Å². The minimum absolute atomic E-state index is 0.0613. The van der Waals surface area contributed by atoms with Crippen LogP contribution in [-0.4, -0.2) is 64.2 Å². The normalized spacial score (nSPS) is 18.6. The van der Waals surface area contributed by atoms with Gasteiger partial charge in [-0.05, 0) is 53.5 Å². The SMILES string of the molecule is CC1c2nc(CCN3CCOCC3)nc(Nc3ccc(Br)nc3)c2CCN1c1ccc(Cl)cn1. The number of aromatic nitrogens is 4. The first-order valence-corrected chi connectivity index (χ1v) is 12.7. The first kappa shape index (κ1) is 23.4. The van der Waals surface area contributed by atoms with Crippen molar-refractivity contribution in [2.75, 3.05) is 49.6 Å². The van der Waals surface area contributed by atoms with Crippen molar-refractivity contribution in [3.05, 3.63) is 63.4 Å². The van der Waals surface area contributed by atoms with Gasteiger partial charge in [0.2, 0.25) is 0 Å². The van der Waals surface area contributed by atoms with E-state index in [0.717, 1.165) is 91.2 Å². The third kappa shape index (κ3) is 5.33. The maximum atomic E-state index is 6.07. The van der Waals surface area contributed by atoms with Crippen LogP contribution >= 0.6 is 27.5 Å². The molecule has 0 aromatic carbocycles. The van der Waals surface area contributed by atoms with Gasteiger partial charge in [-0.2, -0.15) is 0 Å². The third-order valence-corrected chi connectivity index (χ3v) is 7.00. The van der Waals surface area contributed by atoms with E-state index in [2.05, 4.69) is 47.9 Å². The Hall–Kier alpha value is -2.33. The Balaban J connectivity index is 1.45. The van der Waals surface area contributed by atoms with Crippen LogP contribution in [0.5, 0.6) is 0 Å². The molecule has 1 saturated heterocycles. The summed E-state index contributed by atoms with van der Waals surface area (Å²) in [5.41, 5.74) is 3.09. The van der Waals surface area contributed by atoms with Crippen molar-refractivity contribution in [1.29, 1.82) is 0 Å². The van der Waals surface area contributed by atoms with E-state index in [1.54, 1.807) is 6.20 Å². The second kappa shape index (κ2) is 10.5. The molecule has 2 aliphatic rings. The standard InChI is InChI=1S/C24H27BrClN7O/c1-16-23-19(6-9-33(16)22-5-2-17(26)14-28-22)24(29-18-3-4-20(25)27-15-18)31-21(30-23)7-8-32-10-12-34-13-11-32/h2-5,14-16H,6-13H2,1H3,(H,29,30,31). The van der Waals surface area contributed by atoms with Gasteiger partial charge in [0, 0.05) is 44.4 Å². The topological polar surface area (TPSA) is 79.3 Å². The molecule has 0 spiro atoms. The predicted octanol–water partition coefficient (Wildman–Crippen LogP) is 4.42. The van der Waals surface area contributed by atoms with Gasteiger partial charge in [-0.15, -0.1) is 0 Å². The molecule has 0 bridgehead atoms. The van der Waals surface area contributed by atoms with E-state index < -0.39 is 0 Å². The molecule has 3 aromatic rings. The van der Waals surface area contributed by atoms with Crippen LogP contribution in [0.15, 0.2) is 41.3 Å². The van der Waals surface area contributed by atoms with Crippen molar-refractivity contribution in [2.45, 2.75) is 25.8 Å². The van der Waals surface area contributed by atoms with Crippen LogP contribution in [0.2, 0.25) is 5.02 Å². The zero-order chi connectivity index (χ0) is 23.5. The molecule has 5 rings (SSSR count). The predicted molar refractivity (Wildman–Crippen MR) is 137 cm³/mol. The van der Waals surface area contributed by atoms with Gasteiger partial charge >= 0.3 is 0 Å². The second-order valence-electron chi connectivity index (χ2n) is 8.50. The van der Waals surface area contributed by atoms with Crippen LogP contribution in [0.3, 0.4) is 0 Å². The minimum atomic E-state index is 0.0613. The summed E-state index contributed by atoms with van der Waals surface area (Å²) in [4.78, 5) is 23.6. The maximum absolute atomic E-state index is 6.07. The highest BCUT2D eigenvalue weighted by Gasteiger charge is 2.29. The zero-order valence-corrected chi connectivity index (χ0v) is 21.4. The Morgan fingerprint density at radius 2 is 1.94 bits per heavy atom. The molecule has 0 saturated carbocycles. The first-order valence-electron chi connectivity index (χ1n) is 11.5. The monoisotopic (exact) mass is 543 g/mol. The number of anilines is 3. The molecule has 1 unspecified atom stereocenters. The molecule has 3 aromatic heterocycles. The van der Waals surface area contributed by atoms with Gasteiger partial charge in [-0.25, -0.2) is 19.9 Å². The smallest absolute Gasteiger partial charge is 0.137 e. The molecule has 34 heavy (non-hydrogen) atoms. The van der Waals surface area contributed by atoms with Gasteiger partial charge in [0.25, 0.3) is 0 Å². The fourth-order valence-corrected chi connectivity index (χ4v) is 4.80. The van der Waals surface area contributed by atoms with Crippen LogP contribution in [0.4, 0.5) is 17.3 Å². The lowest BCUT2D eigenvalue weighted by molar-refractivity contribution is 0.0382. The van der Waals surface area contributed by atoms with Crippen molar-refractivity contribution in [3.8, 4) is 0 Å². The van der Waals surface area contributed by atoms with E-state index in [9.17, 15) is 0 Å². The first-order chi connectivity index (χ1) is 16.6. The molecule has 0 aliphatic carbocycles. The number of ether oxygens (including phenoxy) is 1. The van der Waals surface area contributed by atoms with Crippen LogP contribution in [0.1, 0.15) is 30.0 Å².